The Morgan fingerprint density at radius 3 is 3.00 bits per heavy atom. The number of aliphatic imine (C=N–C) groups is 1. The van der Waals surface area contributed by atoms with Gasteiger partial charge in [0, 0.05) is 50.1 Å². The van der Waals surface area contributed by atoms with Crippen molar-refractivity contribution in [2.75, 3.05) is 20.2 Å². The van der Waals surface area contributed by atoms with E-state index >= 15 is 0 Å². The molecule has 2 aromatic rings. The highest BCUT2D eigenvalue weighted by Crippen LogP contribution is 2.35. The zero-order valence-electron chi connectivity index (χ0n) is 16.3. The lowest BCUT2D eigenvalue weighted by Crippen LogP contribution is -2.37. The van der Waals surface area contributed by atoms with Gasteiger partial charge >= 0.3 is 0 Å². The molecule has 1 aliphatic heterocycles. The highest BCUT2D eigenvalue weighted by molar-refractivity contribution is 5.79. The number of hydrogen-bond acceptors (Lipinski definition) is 4. The van der Waals surface area contributed by atoms with Crippen LogP contribution in [0, 0.1) is 0 Å². The summed E-state index contributed by atoms with van der Waals surface area (Å²) >= 11 is 0. The van der Waals surface area contributed by atoms with Gasteiger partial charge in [0.2, 0.25) is 0 Å². The average molecular weight is 368 g/mol. The number of fused-ring (bicyclic) bond motifs is 1. The molecule has 1 atom stereocenters. The molecule has 2 N–H and O–H groups in total. The highest BCUT2D eigenvalue weighted by Gasteiger charge is 2.21. The molecule has 0 spiro atoms. The Labute approximate surface area is 161 Å². The van der Waals surface area contributed by atoms with Crippen LogP contribution in [0.15, 0.2) is 41.7 Å². The van der Waals surface area contributed by atoms with Crippen LogP contribution in [0.4, 0.5) is 0 Å². The van der Waals surface area contributed by atoms with E-state index in [-0.39, 0.29) is 6.10 Å². The van der Waals surface area contributed by atoms with Crippen molar-refractivity contribution in [3.63, 3.8) is 0 Å². The molecule has 0 radical (unpaired) electrons. The topological polar surface area (TPSA) is 67.8 Å². The fourth-order valence-corrected chi connectivity index (χ4v) is 3.18. The number of benzene rings is 1. The maximum atomic E-state index is 5.89. The second kappa shape index (κ2) is 9.26. The van der Waals surface area contributed by atoms with Gasteiger partial charge in [-0.15, -0.1) is 0 Å². The fourth-order valence-electron chi connectivity index (χ4n) is 3.18. The van der Waals surface area contributed by atoms with Crippen LogP contribution in [0.25, 0.3) is 0 Å². The molecule has 0 amide bonds. The molecule has 0 saturated carbocycles. The van der Waals surface area contributed by atoms with E-state index in [1.54, 1.807) is 13.2 Å². The Balaban J connectivity index is 1.58. The summed E-state index contributed by atoms with van der Waals surface area (Å²) < 4.78 is 11.7. The molecule has 0 saturated heterocycles. The van der Waals surface area contributed by atoms with E-state index in [1.807, 2.05) is 19.2 Å². The van der Waals surface area contributed by atoms with Gasteiger partial charge in [0.25, 0.3) is 0 Å². The Bertz CT molecular complexity index is 777. The Morgan fingerprint density at radius 1 is 1.37 bits per heavy atom. The smallest absolute Gasteiger partial charge is 0.191 e. The number of rotatable bonds is 7. The third-order valence-corrected chi connectivity index (χ3v) is 4.48. The second-order valence-corrected chi connectivity index (χ2v) is 6.60. The summed E-state index contributed by atoms with van der Waals surface area (Å²) in [4.78, 5) is 8.44. The van der Waals surface area contributed by atoms with Crippen molar-refractivity contribution < 1.29 is 9.47 Å². The average Bonchev–Trinajstić information content (AvgIpc) is 3.04. The van der Waals surface area contributed by atoms with Crippen molar-refractivity contribution in [2.24, 2.45) is 4.99 Å². The monoisotopic (exact) mass is 368 g/mol. The Morgan fingerprint density at radius 2 is 2.26 bits per heavy atom. The van der Waals surface area contributed by atoms with Crippen LogP contribution in [-0.2, 0) is 19.4 Å². The molecule has 0 fully saturated rings. The van der Waals surface area contributed by atoms with Crippen LogP contribution in [0.1, 0.15) is 30.5 Å². The second-order valence-electron chi connectivity index (χ2n) is 6.60. The van der Waals surface area contributed by atoms with Crippen molar-refractivity contribution in [1.82, 2.24) is 15.6 Å². The summed E-state index contributed by atoms with van der Waals surface area (Å²) in [6, 6.07) is 8.22. The van der Waals surface area contributed by atoms with E-state index in [0.717, 1.165) is 42.4 Å². The standard InChI is InChI=1S/C21H28N4O2/c1-4-26-19-11-17-10-15(2)27-20(17)12-18(19)14-25-21(22-3)24-9-7-16-6-5-8-23-13-16/h5-6,8,11-13,15H,4,7,9-10,14H2,1-3H3,(H2,22,24,25). The minimum absolute atomic E-state index is 0.222. The molecule has 2 heterocycles. The van der Waals surface area contributed by atoms with Gasteiger partial charge in [-0.05, 0) is 44.0 Å². The maximum absolute atomic E-state index is 5.89. The van der Waals surface area contributed by atoms with Gasteiger partial charge < -0.3 is 20.1 Å². The minimum Gasteiger partial charge on any atom is -0.494 e. The highest BCUT2D eigenvalue weighted by atomic mass is 16.5. The van der Waals surface area contributed by atoms with E-state index in [1.165, 1.54) is 11.1 Å². The van der Waals surface area contributed by atoms with E-state index in [0.29, 0.717) is 13.2 Å². The lowest BCUT2D eigenvalue weighted by molar-refractivity contribution is 0.254. The van der Waals surface area contributed by atoms with E-state index < -0.39 is 0 Å². The number of pyridine rings is 1. The summed E-state index contributed by atoms with van der Waals surface area (Å²) in [5, 5.41) is 6.70. The van der Waals surface area contributed by atoms with Crippen molar-refractivity contribution >= 4 is 5.96 Å². The first-order valence-electron chi connectivity index (χ1n) is 9.48. The molecule has 0 bridgehead atoms. The minimum atomic E-state index is 0.222. The summed E-state index contributed by atoms with van der Waals surface area (Å²) in [7, 11) is 1.77. The van der Waals surface area contributed by atoms with Gasteiger partial charge in [0.15, 0.2) is 5.96 Å². The number of nitrogens with zero attached hydrogens (tertiary/aromatic N) is 2. The molecule has 3 rings (SSSR count). The van der Waals surface area contributed by atoms with Gasteiger partial charge in [0.1, 0.15) is 17.6 Å². The molecule has 1 unspecified atom stereocenters. The first-order valence-corrected chi connectivity index (χ1v) is 9.48. The summed E-state index contributed by atoms with van der Waals surface area (Å²) in [6.07, 6.45) is 5.72. The van der Waals surface area contributed by atoms with Crippen LogP contribution in [0.5, 0.6) is 11.5 Å². The van der Waals surface area contributed by atoms with Crippen molar-refractivity contribution in [3.8, 4) is 11.5 Å². The summed E-state index contributed by atoms with van der Waals surface area (Å²) in [5.74, 6) is 2.63. The van der Waals surface area contributed by atoms with Crippen LogP contribution < -0.4 is 20.1 Å². The molecule has 0 aliphatic carbocycles. The molecular weight excluding hydrogens is 340 g/mol. The van der Waals surface area contributed by atoms with Crippen molar-refractivity contribution in [3.05, 3.63) is 53.3 Å². The zero-order chi connectivity index (χ0) is 19.1. The maximum Gasteiger partial charge on any atom is 0.191 e. The van der Waals surface area contributed by atoms with Crippen LogP contribution >= 0.6 is 0 Å². The number of hydrogen-bond donors (Lipinski definition) is 2. The molecule has 1 aromatic heterocycles. The molecule has 6 nitrogen and oxygen atoms in total. The Hall–Kier alpha value is -2.76. The summed E-state index contributed by atoms with van der Waals surface area (Å²) in [5.41, 5.74) is 3.48. The normalized spacial score (nSPS) is 15.8. The molecular formula is C21H28N4O2. The van der Waals surface area contributed by atoms with Crippen molar-refractivity contribution in [1.29, 1.82) is 0 Å². The molecule has 1 aliphatic rings. The first kappa shape index (κ1) is 19.0. The van der Waals surface area contributed by atoms with Gasteiger partial charge in [-0.25, -0.2) is 0 Å². The molecule has 6 heteroatoms. The van der Waals surface area contributed by atoms with Crippen LogP contribution in [0.3, 0.4) is 0 Å². The van der Waals surface area contributed by atoms with E-state index in [2.05, 4.69) is 45.7 Å². The third kappa shape index (κ3) is 5.12. The number of guanidine groups is 1. The van der Waals surface area contributed by atoms with E-state index in [9.17, 15) is 0 Å². The predicted octanol–water partition coefficient (Wildman–Crippen LogP) is 2.71. The lowest BCUT2D eigenvalue weighted by Gasteiger charge is -2.15. The quantitative estimate of drug-likeness (QED) is 0.581. The third-order valence-electron chi connectivity index (χ3n) is 4.48. The first-order chi connectivity index (χ1) is 13.2. The number of aromatic nitrogens is 1. The van der Waals surface area contributed by atoms with Crippen LogP contribution in [0.2, 0.25) is 0 Å². The van der Waals surface area contributed by atoms with E-state index in [4.69, 9.17) is 9.47 Å². The van der Waals surface area contributed by atoms with Crippen molar-refractivity contribution in [2.45, 2.75) is 39.3 Å². The SMILES string of the molecule is CCOc1cc2c(cc1CNC(=NC)NCCc1cccnc1)OC(C)C2. The van der Waals surface area contributed by atoms with Gasteiger partial charge in [-0.2, -0.15) is 0 Å². The zero-order valence-corrected chi connectivity index (χ0v) is 16.3. The fraction of sp³-hybridized carbons (Fsp3) is 0.429. The molecule has 1 aromatic carbocycles. The number of ether oxygens (including phenoxy) is 2. The predicted molar refractivity (Wildman–Crippen MR) is 108 cm³/mol. The van der Waals surface area contributed by atoms with Crippen LogP contribution in [-0.4, -0.2) is 37.2 Å². The summed E-state index contributed by atoms with van der Waals surface area (Å²) in [6.45, 7) is 6.14. The number of nitrogens with one attached hydrogen (secondary N) is 2. The van der Waals surface area contributed by atoms with Gasteiger partial charge in [-0.1, -0.05) is 6.07 Å². The molecule has 27 heavy (non-hydrogen) atoms. The Kier molecular flexibility index (Phi) is 6.52. The van der Waals surface area contributed by atoms with Gasteiger partial charge in [0.05, 0.1) is 6.61 Å². The largest absolute Gasteiger partial charge is 0.494 e. The lowest BCUT2D eigenvalue weighted by atomic mass is 10.1. The molecule has 144 valence electrons. The van der Waals surface area contributed by atoms with Gasteiger partial charge in [-0.3, -0.25) is 9.98 Å².